The fraction of sp³-hybridized carbons (Fsp3) is 0.833. The summed E-state index contributed by atoms with van der Waals surface area (Å²) in [6.07, 6.45) is 0.268. The molecule has 0 amide bonds. The topological polar surface area (TPSA) is 60.4 Å². The average molecular weight is 265 g/mol. The van der Waals surface area contributed by atoms with Gasteiger partial charge in [0.15, 0.2) is 0 Å². The predicted molar refractivity (Wildman–Crippen MR) is 57.7 cm³/mol. The third-order valence-corrected chi connectivity index (χ3v) is 5.04. The molecule has 0 bridgehead atoms. The number of nitrogens with zero attached hydrogens (tertiary/aromatic N) is 1. The standard InChI is InChI=1S/C6H13NO3S3.Na/c1-4-5(13(8,9)10)12-6(11)7(2)3;/h5H,4H2,1-3H3,(H,8,9,10);/q;+1/p-1. The van der Waals surface area contributed by atoms with E-state index in [0.29, 0.717) is 4.32 Å². The summed E-state index contributed by atoms with van der Waals surface area (Å²) < 4.78 is 31.4. The number of hydrogen-bond donors (Lipinski definition) is 0. The molecule has 1 atom stereocenters. The maximum Gasteiger partial charge on any atom is 1.00 e. The van der Waals surface area contributed by atoms with Crippen LogP contribution < -0.4 is 29.6 Å². The molecule has 78 valence electrons. The van der Waals surface area contributed by atoms with Crippen LogP contribution in [0.2, 0.25) is 0 Å². The van der Waals surface area contributed by atoms with Crippen molar-refractivity contribution in [3.63, 3.8) is 0 Å². The maximum atomic E-state index is 10.7. The molecule has 0 saturated carbocycles. The summed E-state index contributed by atoms with van der Waals surface area (Å²) in [5.74, 6) is 0. The number of rotatable bonds is 3. The van der Waals surface area contributed by atoms with Gasteiger partial charge in [-0.05, 0) is 6.42 Å². The quantitative estimate of drug-likeness (QED) is 0.329. The Hall–Kier alpha value is 1.15. The monoisotopic (exact) mass is 265 g/mol. The number of hydrogen-bond acceptors (Lipinski definition) is 5. The van der Waals surface area contributed by atoms with Crippen molar-refractivity contribution in [1.82, 2.24) is 4.90 Å². The second-order valence-corrected chi connectivity index (χ2v) is 6.30. The largest absolute Gasteiger partial charge is 1.00 e. The van der Waals surface area contributed by atoms with E-state index in [2.05, 4.69) is 0 Å². The van der Waals surface area contributed by atoms with Gasteiger partial charge in [-0.1, -0.05) is 30.9 Å². The molecule has 0 radical (unpaired) electrons. The summed E-state index contributed by atoms with van der Waals surface area (Å²) in [6.45, 7) is 1.64. The fourth-order valence-electron chi connectivity index (χ4n) is 0.564. The van der Waals surface area contributed by atoms with Crippen LogP contribution in [-0.4, -0.2) is 40.9 Å². The molecule has 0 rings (SSSR count). The summed E-state index contributed by atoms with van der Waals surface area (Å²) in [5.41, 5.74) is 0. The van der Waals surface area contributed by atoms with Crippen LogP contribution in [0.1, 0.15) is 13.3 Å². The summed E-state index contributed by atoms with van der Waals surface area (Å²) in [6, 6.07) is 0. The van der Waals surface area contributed by atoms with Crippen molar-refractivity contribution in [1.29, 1.82) is 0 Å². The molecule has 0 spiro atoms. The van der Waals surface area contributed by atoms with Crippen LogP contribution in [-0.2, 0) is 10.1 Å². The van der Waals surface area contributed by atoms with Crippen molar-refractivity contribution >= 4 is 38.4 Å². The van der Waals surface area contributed by atoms with Crippen LogP contribution >= 0.6 is 24.0 Å². The molecule has 0 N–H and O–H groups in total. The first-order valence-electron chi connectivity index (χ1n) is 3.61. The second-order valence-electron chi connectivity index (χ2n) is 2.61. The molecular formula is C6H12NNaO3S3. The zero-order chi connectivity index (χ0) is 10.6. The van der Waals surface area contributed by atoms with Crippen LogP contribution in [0.25, 0.3) is 0 Å². The molecule has 0 aliphatic heterocycles. The minimum absolute atomic E-state index is 0. The van der Waals surface area contributed by atoms with Crippen LogP contribution in [0.3, 0.4) is 0 Å². The first kappa shape index (κ1) is 17.5. The van der Waals surface area contributed by atoms with E-state index in [4.69, 9.17) is 12.2 Å². The van der Waals surface area contributed by atoms with Gasteiger partial charge in [-0.2, -0.15) is 0 Å². The van der Waals surface area contributed by atoms with Gasteiger partial charge >= 0.3 is 29.6 Å². The van der Waals surface area contributed by atoms with Crippen molar-refractivity contribution in [2.75, 3.05) is 14.1 Å². The van der Waals surface area contributed by atoms with E-state index in [1.54, 1.807) is 25.9 Å². The fourth-order valence-corrected chi connectivity index (χ4v) is 2.85. The Morgan fingerprint density at radius 2 is 2.00 bits per heavy atom. The van der Waals surface area contributed by atoms with E-state index >= 15 is 0 Å². The Labute approximate surface area is 117 Å². The minimum atomic E-state index is -4.24. The number of thioether (sulfide) groups is 1. The first-order valence-corrected chi connectivity index (χ1v) is 6.37. The maximum absolute atomic E-state index is 10.7. The minimum Gasteiger partial charge on any atom is -0.747 e. The SMILES string of the molecule is CCC(SC(=S)N(C)C)S(=O)(=O)[O-].[Na+]. The van der Waals surface area contributed by atoms with Gasteiger partial charge < -0.3 is 9.45 Å². The molecule has 0 aromatic rings. The van der Waals surface area contributed by atoms with E-state index in [1.807, 2.05) is 0 Å². The third kappa shape index (κ3) is 6.60. The molecule has 0 saturated heterocycles. The average Bonchev–Trinajstić information content (AvgIpc) is 1.96. The van der Waals surface area contributed by atoms with Crippen molar-refractivity contribution in [2.45, 2.75) is 17.9 Å². The molecule has 4 nitrogen and oxygen atoms in total. The molecule has 0 aliphatic carbocycles. The van der Waals surface area contributed by atoms with E-state index in [0.717, 1.165) is 11.8 Å². The summed E-state index contributed by atoms with van der Waals surface area (Å²) in [7, 11) is -0.829. The van der Waals surface area contributed by atoms with Gasteiger partial charge in [0.2, 0.25) is 0 Å². The van der Waals surface area contributed by atoms with Gasteiger partial charge in [0.25, 0.3) is 0 Å². The van der Waals surface area contributed by atoms with Crippen LogP contribution in [0.15, 0.2) is 0 Å². The Balaban J connectivity index is 0. The molecule has 14 heavy (non-hydrogen) atoms. The Morgan fingerprint density at radius 1 is 1.57 bits per heavy atom. The van der Waals surface area contributed by atoms with Crippen LogP contribution in [0.5, 0.6) is 0 Å². The van der Waals surface area contributed by atoms with Gasteiger partial charge in [-0.25, -0.2) is 8.42 Å². The predicted octanol–water partition coefficient (Wildman–Crippen LogP) is -2.15. The van der Waals surface area contributed by atoms with Gasteiger partial charge in [0.05, 0.1) is 0 Å². The first-order chi connectivity index (χ1) is 5.79. The summed E-state index contributed by atoms with van der Waals surface area (Å²) in [4.78, 5) is 1.60. The molecule has 0 aliphatic rings. The Kier molecular flexibility index (Phi) is 9.31. The normalized spacial score (nSPS) is 12.9. The number of thiocarbonyl (C=S) groups is 1. The smallest absolute Gasteiger partial charge is 0.747 e. The van der Waals surface area contributed by atoms with E-state index in [1.165, 1.54) is 0 Å². The van der Waals surface area contributed by atoms with Crippen molar-refractivity contribution in [3.8, 4) is 0 Å². The van der Waals surface area contributed by atoms with Crippen molar-refractivity contribution in [3.05, 3.63) is 0 Å². The van der Waals surface area contributed by atoms with Crippen molar-refractivity contribution in [2.24, 2.45) is 0 Å². The zero-order valence-electron chi connectivity index (χ0n) is 8.68. The Morgan fingerprint density at radius 3 is 2.21 bits per heavy atom. The molecule has 8 heteroatoms. The molecule has 0 aromatic carbocycles. The molecule has 1 unspecified atom stereocenters. The molecule has 0 heterocycles. The summed E-state index contributed by atoms with van der Waals surface area (Å²) >= 11 is 5.79. The molecule has 0 fully saturated rings. The van der Waals surface area contributed by atoms with E-state index < -0.39 is 14.7 Å². The van der Waals surface area contributed by atoms with Gasteiger partial charge in [0, 0.05) is 14.1 Å². The molecular weight excluding hydrogens is 253 g/mol. The second kappa shape index (κ2) is 7.43. The van der Waals surface area contributed by atoms with Crippen LogP contribution in [0, 0.1) is 0 Å². The summed E-state index contributed by atoms with van der Waals surface area (Å²) in [5, 5.41) is 0. The van der Waals surface area contributed by atoms with E-state index in [9.17, 15) is 13.0 Å². The van der Waals surface area contributed by atoms with Gasteiger partial charge in [-0.15, -0.1) is 0 Å². The molecule has 0 aromatic heterocycles. The van der Waals surface area contributed by atoms with Crippen LogP contribution in [0.4, 0.5) is 0 Å². The van der Waals surface area contributed by atoms with E-state index in [-0.39, 0.29) is 36.0 Å². The third-order valence-electron chi connectivity index (χ3n) is 1.25. The van der Waals surface area contributed by atoms with Gasteiger partial charge in [-0.3, -0.25) is 0 Å². The van der Waals surface area contributed by atoms with Gasteiger partial charge in [0.1, 0.15) is 19.0 Å². The Bertz CT molecular complexity index is 278. The zero-order valence-corrected chi connectivity index (χ0v) is 13.1. The van der Waals surface area contributed by atoms with Crippen molar-refractivity contribution < 1.29 is 42.5 Å².